The summed E-state index contributed by atoms with van der Waals surface area (Å²) in [5.41, 5.74) is 1.24. The number of aliphatic hydroxyl groups excluding tert-OH is 1. The molecule has 1 aromatic heterocycles. The van der Waals surface area contributed by atoms with Crippen LogP contribution >= 0.6 is 0 Å². The minimum atomic E-state index is -1.02. The molecule has 0 bridgehead atoms. The van der Waals surface area contributed by atoms with Crippen molar-refractivity contribution in [2.45, 2.75) is 19.4 Å². The molecule has 66 valence electrons. The van der Waals surface area contributed by atoms with Crippen LogP contribution in [-0.4, -0.2) is 26.4 Å². The second-order valence-electron chi connectivity index (χ2n) is 2.56. The third-order valence-corrected chi connectivity index (χ3v) is 1.60. The van der Waals surface area contributed by atoms with Crippen LogP contribution < -0.4 is 0 Å². The number of aromatic nitrogens is 2. The van der Waals surface area contributed by atoms with E-state index in [1.807, 2.05) is 0 Å². The number of nitrogens with zero attached hydrogens (tertiary/aromatic N) is 1. The number of rotatable bonds is 3. The first-order valence-corrected chi connectivity index (χ1v) is 3.51. The van der Waals surface area contributed by atoms with Crippen molar-refractivity contribution in [2.24, 2.45) is 0 Å². The summed E-state index contributed by atoms with van der Waals surface area (Å²) in [5.74, 6) is -1.02. The minimum Gasteiger partial charge on any atom is -0.481 e. The Kier molecular flexibility index (Phi) is 2.44. The molecule has 5 nitrogen and oxygen atoms in total. The molecule has 0 aliphatic carbocycles. The van der Waals surface area contributed by atoms with Crippen molar-refractivity contribution in [3.63, 3.8) is 0 Å². The van der Waals surface area contributed by atoms with E-state index in [1.54, 1.807) is 6.92 Å². The summed E-state index contributed by atoms with van der Waals surface area (Å²) >= 11 is 0. The van der Waals surface area contributed by atoms with Crippen molar-refractivity contribution in [3.05, 3.63) is 17.5 Å². The summed E-state index contributed by atoms with van der Waals surface area (Å²) in [6.07, 6.45) is 0.171. The minimum absolute atomic E-state index is 0.291. The van der Waals surface area contributed by atoms with Gasteiger partial charge in [-0.1, -0.05) is 0 Å². The lowest BCUT2D eigenvalue weighted by atomic mass is 10.1. The van der Waals surface area contributed by atoms with Crippen LogP contribution in [0.25, 0.3) is 0 Å². The summed E-state index contributed by atoms with van der Waals surface area (Å²) in [4.78, 5) is 10.2. The normalized spacial score (nSPS) is 12.8. The Morgan fingerprint density at radius 2 is 2.50 bits per heavy atom. The van der Waals surface area contributed by atoms with Crippen molar-refractivity contribution >= 4 is 5.97 Å². The molecule has 0 aliphatic rings. The first-order chi connectivity index (χ1) is 5.61. The Balaban J connectivity index is 2.71. The first-order valence-electron chi connectivity index (χ1n) is 3.51. The largest absolute Gasteiger partial charge is 0.481 e. The molecular weight excluding hydrogens is 160 g/mol. The van der Waals surface area contributed by atoms with E-state index in [0.717, 1.165) is 0 Å². The zero-order chi connectivity index (χ0) is 9.14. The van der Waals surface area contributed by atoms with E-state index < -0.39 is 12.1 Å². The van der Waals surface area contributed by atoms with Gasteiger partial charge in [0.15, 0.2) is 0 Å². The lowest BCUT2D eigenvalue weighted by molar-refractivity contribution is -0.139. The van der Waals surface area contributed by atoms with Crippen LogP contribution in [0.2, 0.25) is 0 Å². The van der Waals surface area contributed by atoms with E-state index in [2.05, 4.69) is 10.2 Å². The molecule has 0 radical (unpaired) electrons. The summed E-state index contributed by atoms with van der Waals surface area (Å²) in [5, 5.41) is 24.0. The highest BCUT2D eigenvalue weighted by Crippen LogP contribution is 2.17. The fourth-order valence-electron chi connectivity index (χ4n) is 0.971. The molecule has 0 fully saturated rings. The van der Waals surface area contributed by atoms with Gasteiger partial charge in [-0.25, -0.2) is 0 Å². The van der Waals surface area contributed by atoms with Crippen LogP contribution in [0.5, 0.6) is 0 Å². The summed E-state index contributed by atoms with van der Waals surface area (Å²) in [6, 6.07) is 0. The predicted molar refractivity (Wildman–Crippen MR) is 40.5 cm³/mol. The Hall–Kier alpha value is -1.36. The number of aromatic amines is 1. The SMILES string of the molecule is Cc1[nH]ncc1C(O)CC(=O)O. The van der Waals surface area contributed by atoms with Gasteiger partial charge in [0.05, 0.1) is 18.7 Å². The Morgan fingerprint density at radius 3 is 2.92 bits per heavy atom. The average Bonchev–Trinajstić information content (AvgIpc) is 2.33. The van der Waals surface area contributed by atoms with Crippen molar-refractivity contribution < 1.29 is 15.0 Å². The number of carbonyl (C=O) groups is 1. The molecule has 0 spiro atoms. The maximum atomic E-state index is 10.2. The highest BCUT2D eigenvalue weighted by molar-refractivity contribution is 5.67. The fourth-order valence-corrected chi connectivity index (χ4v) is 0.971. The molecular formula is C7H10N2O3. The van der Waals surface area contributed by atoms with Crippen LogP contribution in [-0.2, 0) is 4.79 Å². The van der Waals surface area contributed by atoms with Gasteiger partial charge in [-0.2, -0.15) is 5.10 Å². The number of hydrogen-bond acceptors (Lipinski definition) is 3. The molecule has 1 atom stereocenters. The molecule has 12 heavy (non-hydrogen) atoms. The van der Waals surface area contributed by atoms with Crippen molar-refractivity contribution in [2.75, 3.05) is 0 Å². The Bertz CT molecular complexity index is 282. The number of H-pyrrole nitrogens is 1. The van der Waals surface area contributed by atoms with Gasteiger partial charge in [0.25, 0.3) is 0 Å². The zero-order valence-electron chi connectivity index (χ0n) is 6.61. The van der Waals surface area contributed by atoms with Gasteiger partial charge >= 0.3 is 5.97 Å². The van der Waals surface area contributed by atoms with Gasteiger partial charge in [0, 0.05) is 11.3 Å². The molecule has 3 N–H and O–H groups in total. The topological polar surface area (TPSA) is 86.2 Å². The summed E-state index contributed by atoms with van der Waals surface area (Å²) in [6.45, 7) is 1.73. The Morgan fingerprint density at radius 1 is 1.83 bits per heavy atom. The van der Waals surface area contributed by atoms with Crippen LogP contribution in [0.1, 0.15) is 23.8 Å². The molecule has 0 saturated carbocycles. The van der Waals surface area contributed by atoms with Gasteiger partial charge < -0.3 is 10.2 Å². The van der Waals surface area contributed by atoms with Gasteiger partial charge in [-0.05, 0) is 6.92 Å². The number of aliphatic carboxylic acids is 1. The van der Waals surface area contributed by atoms with Gasteiger partial charge in [-0.15, -0.1) is 0 Å². The van der Waals surface area contributed by atoms with Crippen molar-refractivity contribution in [1.82, 2.24) is 10.2 Å². The number of carboxylic acids is 1. The quantitative estimate of drug-likeness (QED) is 0.605. The lowest BCUT2D eigenvalue weighted by Gasteiger charge is -2.05. The number of aliphatic hydroxyl groups is 1. The van der Waals surface area contributed by atoms with Crippen molar-refractivity contribution in [3.8, 4) is 0 Å². The smallest absolute Gasteiger partial charge is 0.306 e. The van der Waals surface area contributed by atoms with Crippen LogP contribution in [0, 0.1) is 6.92 Å². The Labute approximate surface area is 69.0 Å². The molecule has 1 rings (SSSR count). The zero-order valence-corrected chi connectivity index (χ0v) is 6.61. The average molecular weight is 170 g/mol. The van der Waals surface area contributed by atoms with E-state index in [9.17, 15) is 9.90 Å². The summed E-state index contributed by atoms with van der Waals surface area (Å²) < 4.78 is 0. The van der Waals surface area contributed by atoms with E-state index in [-0.39, 0.29) is 6.42 Å². The second-order valence-corrected chi connectivity index (χ2v) is 2.56. The number of hydrogen-bond donors (Lipinski definition) is 3. The molecule has 0 amide bonds. The molecule has 5 heteroatoms. The number of carboxylic acid groups (broad SMARTS) is 1. The second kappa shape index (κ2) is 3.36. The van der Waals surface area contributed by atoms with Crippen LogP contribution in [0.4, 0.5) is 0 Å². The van der Waals surface area contributed by atoms with E-state index in [0.29, 0.717) is 11.3 Å². The van der Waals surface area contributed by atoms with E-state index in [1.165, 1.54) is 6.20 Å². The monoisotopic (exact) mass is 170 g/mol. The highest BCUT2D eigenvalue weighted by Gasteiger charge is 2.15. The predicted octanol–water partition coefficient (Wildman–Crippen LogP) is 0.226. The van der Waals surface area contributed by atoms with Crippen LogP contribution in [0.15, 0.2) is 6.20 Å². The van der Waals surface area contributed by atoms with Crippen LogP contribution in [0.3, 0.4) is 0 Å². The molecule has 1 heterocycles. The fraction of sp³-hybridized carbons (Fsp3) is 0.429. The molecule has 1 aromatic rings. The van der Waals surface area contributed by atoms with Gasteiger partial charge in [0.1, 0.15) is 0 Å². The third-order valence-electron chi connectivity index (χ3n) is 1.60. The van der Waals surface area contributed by atoms with E-state index >= 15 is 0 Å². The first kappa shape index (κ1) is 8.73. The number of aryl methyl sites for hydroxylation is 1. The van der Waals surface area contributed by atoms with E-state index in [4.69, 9.17) is 5.11 Å². The molecule has 0 aliphatic heterocycles. The molecule has 0 aromatic carbocycles. The molecule has 0 saturated heterocycles. The third kappa shape index (κ3) is 1.82. The molecule has 1 unspecified atom stereocenters. The maximum Gasteiger partial charge on any atom is 0.306 e. The van der Waals surface area contributed by atoms with Gasteiger partial charge in [-0.3, -0.25) is 9.89 Å². The standard InChI is InChI=1S/C7H10N2O3/c1-4-5(3-8-9-4)6(10)2-7(11)12/h3,6,10H,2H2,1H3,(H,8,9)(H,11,12). The highest BCUT2D eigenvalue weighted by atomic mass is 16.4. The number of nitrogens with one attached hydrogen (secondary N) is 1. The van der Waals surface area contributed by atoms with Crippen molar-refractivity contribution in [1.29, 1.82) is 0 Å². The lowest BCUT2D eigenvalue weighted by Crippen LogP contribution is -2.05. The van der Waals surface area contributed by atoms with Gasteiger partial charge in [0.2, 0.25) is 0 Å². The maximum absolute atomic E-state index is 10.2. The summed E-state index contributed by atoms with van der Waals surface area (Å²) in [7, 11) is 0.